The molecule has 0 fully saturated rings. The van der Waals surface area contributed by atoms with Gasteiger partial charge in [-0.1, -0.05) is 55.0 Å². The Hall–Kier alpha value is -7.69. The van der Waals surface area contributed by atoms with Crippen molar-refractivity contribution in [3.8, 4) is 46.5 Å². The molecule has 18 nitrogen and oxygen atoms in total. The molecule has 6 aromatic heterocycles. The van der Waals surface area contributed by atoms with Crippen molar-refractivity contribution in [3.63, 3.8) is 0 Å². The fraction of sp³-hybridized carbons (Fsp3) is 0.193. The van der Waals surface area contributed by atoms with Crippen LogP contribution in [-0.2, 0) is 93.9 Å². The van der Waals surface area contributed by atoms with Crippen LogP contribution in [0.25, 0.3) is 33.7 Å². The molecule has 2 radical (unpaired) electrons. The molecule has 10 aromatic rings. The number of ketones is 1. The van der Waals surface area contributed by atoms with Crippen molar-refractivity contribution in [2.45, 2.75) is 72.6 Å². The number of H-pyrrole nitrogens is 2. The second-order valence-electron chi connectivity index (χ2n) is 19.0. The van der Waals surface area contributed by atoms with E-state index < -0.39 is 11.6 Å². The number of hydrogen-bond donors (Lipinski definition) is 3. The van der Waals surface area contributed by atoms with Crippen molar-refractivity contribution < 1.29 is 93.2 Å². The largest absolute Gasteiger partial charge is 0.455 e. The van der Waals surface area contributed by atoms with E-state index in [4.69, 9.17) is 30.3 Å². The number of carbonyl (C=O) groups is 1. The van der Waals surface area contributed by atoms with Crippen LogP contribution < -0.4 is 31.1 Å². The third-order valence-electron chi connectivity index (χ3n) is 11.1. The van der Waals surface area contributed by atoms with Crippen molar-refractivity contribution in [2.75, 3.05) is 5.73 Å². The number of aromatic amines is 2. The first-order valence-electron chi connectivity index (χ1n) is 23.4. The molecule has 0 aliphatic heterocycles. The van der Waals surface area contributed by atoms with Crippen LogP contribution in [0.5, 0.6) is 28.9 Å². The molecule has 79 heavy (non-hydrogen) atoms. The number of nitrogens with two attached hydrogens (primary N) is 1. The molecule has 10 rings (SSSR count). The molecule has 4 N–H and O–H groups in total. The van der Waals surface area contributed by atoms with E-state index in [1.807, 2.05) is 42.5 Å². The predicted octanol–water partition coefficient (Wildman–Crippen LogP) is 10.2. The molecule has 0 atom stereocenters. The number of nitrogens with one attached hydrogen (secondary N) is 2. The number of ether oxygens (including phenoxy) is 3. The van der Waals surface area contributed by atoms with Gasteiger partial charge in [0.2, 0.25) is 5.88 Å². The van der Waals surface area contributed by atoms with Crippen LogP contribution in [0.1, 0.15) is 71.6 Å². The van der Waals surface area contributed by atoms with Crippen LogP contribution in [0.3, 0.4) is 0 Å². The van der Waals surface area contributed by atoms with Gasteiger partial charge in [0.15, 0.2) is 22.8 Å². The van der Waals surface area contributed by atoms with E-state index in [0.717, 1.165) is 40.9 Å². The zero-order valence-electron chi connectivity index (χ0n) is 43.1. The molecule has 0 saturated carbocycles. The number of nitrogens with zero attached hydrogens (tertiary/aromatic N) is 9. The molecule has 22 heteroatoms. The zero-order chi connectivity index (χ0) is 54.1. The molecule has 398 valence electrons. The molecule has 0 aliphatic carbocycles. The molecule has 0 unspecified atom stereocenters. The van der Waals surface area contributed by atoms with Gasteiger partial charge in [0.25, 0.3) is 17.4 Å². The Kier molecular flexibility index (Phi) is 21.4. The smallest absolute Gasteiger partial charge is 0.293 e. The van der Waals surface area contributed by atoms with E-state index >= 15 is 0 Å². The summed E-state index contributed by atoms with van der Waals surface area (Å²) in [5, 5.41) is 17.9. The molecule has 4 aromatic carbocycles. The number of aromatic nitrogens is 10. The molecule has 0 bridgehead atoms. The second-order valence-corrected chi connectivity index (χ2v) is 19.0. The minimum Gasteiger partial charge on any atom is -0.455 e. The van der Waals surface area contributed by atoms with Crippen molar-refractivity contribution in [2.24, 2.45) is 0 Å². The number of anilines is 1. The van der Waals surface area contributed by atoms with Crippen LogP contribution in [0, 0.1) is 35.3 Å². The van der Waals surface area contributed by atoms with Gasteiger partial charge in [0.1, 0.15) is 40.0 Å². The maximum absolute atomic E-state index is 15.0. The van der Waals surface area contributed by atoms with Crippen molar-refractivity contribution in [1.29, 1.82) is 5.26 Å². The Bertz CT molecular complexity index is 3870. The van der Waals surface area contributed by atoms with Crippen LogP contribution in [0.15, 0.2) is 144 Å². The number of hydrogen-bond acceptors (Lipinski definition) is 14. The molecule has 0 aliphatic rings. The van der Waals surface area contributed by atoms with Crippen molar-refractivity contribution >= 4 is 33.8 Å². The summed E-state index contributed by atoms with van der Waals surface area (Å²) in [7, 11) is 0. The summed E-state index contributed by atoms with van der Waals surface area (Å²) in [5.74, 6) is 0.323. The van der Waals surface area contributed by atoms with Gasteiger partial charge in [0, 0.05) is 138 Å². The molecule has 0 amide bonds. The summed E-state index contributed by atoms with van der Waals surface area (Å²) in [4.78, 5) is 56.9. The zero-order valence-corrected chi connectivity index (χ0v) is 48.8. The topological polar surface area (TPSA) is 247 Å². The van der Waals surface area contributed by atoms with E-state index in [9.17, 15) is 23.2 Å². The fourth-order valence-electron chi connectivity index (χ4n) is 7.25. The quantitative estimate of drug-likeness (QED) is 0.0620. The Morgan fingerprint density at radius 2 is 1.19 bits per heavy atom. The number of carbonyl (C=O) groups excluding carboxylic acids is 1. The number of fused-ring (bicyclic) bond motifs is 2. The standard InChI is InChI=1S/C29H25FN5O3.C14H14N3O.C13H9FN4O2.CH4.2Y/c1-29(2,3)25-15-20(35(34-25)19-7-5-4-6-8-19)14-21(36)13-18-9-10-22(16-23(18)30)38-24-11-12-31-28-27(24)32-17-26(37)33-28;1-14(2,3)12-9-13(18-10-15)17(16-12)11-7-5-4-6-8-11;14-8-5-7(1-2-9(8)15)20-10-3-4-16-13-12(10)17-6-11(19)18-13;;;/h4-5,7-12,15-17H,13-14H2,1-3H3,(H,31,33,37);4-5,7-9H,1-3H3;1-6H,15H2,(H,16,18,19);1H4;;/q2*-1;;;;. The van der Waals surface area contributed by atoms with Crippen LogP contribution in [-0.4, -0.2) is 55.2 Å². The minimum atomic E-state index is -0.567. The van der Waals surface area contributed by atoms with E-state index in [2.05, 4.69) is 88.7 Å². The van der Waals surface area contributed by atoms with Crippen molar-refractivity contribution in [1.82, 2.24) is 49.5 Å². The average Bonchev–Trinajstić information content (AvgIpc) is 4.04. The summed E-state index contributed by atoms with van der Waals surface area (Å²) in [6.45, 7) is 12.4. The second kappa shape index (κ2) is 27.3. The molecular weight excluding hydrogens is 1160 g/mol. The van der Waals surface area contributed by atoms with Crippen LogP contribution in [0.4, 0.5) is 14.5 Å². The molecular formula is C57H52F2N12O6Y2-2. The van der Waals surface area contributed by atoms with Gasteiger partial charge in [-0.25, -0.2) is 28.7 Å². The third-order valence-corrected chi connectivity index (χ3v) is 11.1. The first-order chi connectivity index (χ1) is 36.3. The Morgan fingerprint density at radius 3 is 1.68 bits per heavy atom. The van der Waals surface area contributed by atoms with Gasteiger partial charge >= 0.3 is 0 Å². The molecule has 0 saturated heterocycles. The summed E-state index contributed by atoms with van der Waals surface area (Å²) >= 11 is 0. The van der Waals surface area contributed by atoms with Gasteiger partial charge in [0.05, 0.1) is 29.5 Å². The van der Waals surface area contributed by atoms with Crippen LogP contribution in [0.2, 0.25) is 0 Å². The normalized spacial score (nSPS) is 10.8. The van der Waals surface area contributed by atoms with E-state index in [1.165, 1.54) is 42.7 Å². The van der Waals surface area contributed by atoms with Gasteiger partial charge in [-0.05, 0) is 41.2 Å². The average molecular weight is 1220 g/mol. The number of Topliss-reactive ketones (excluding diaryl/α,β-unsaturated/α-hetero) is 1. The maximum atomic E-state index is 15.0. The summed E-state index contributed by atoms with van der Waals surface area (Å²) in [6, 6.07) is 36.1. The van der Waals surface area contributed by atoms with Gasteiger partial charge in [-0.15, -0.1) is 17.4 Å². The summed E-state index contributed by atoms with van der Waals surface area (Å²) in [5.41, 5.74) is 10.0. The maximum Gasteiger partial charge on any atom is 0.293 e. The summed E-state index contributed by atoms with van der Waals surface area (Å²) < 4.78 is 48.0. The number of pyridine rings is 2. The minimum absolute atomic E-state index is 0. The molecule has 6 heterocycles. The Labute approximate surface area is 503 Å². The molecule has 0 spiro atoms. The number of halogens is 2. The predicted molar refractivity (Wildman–Crippen MR) is 285 cm³/mol. The first kappa shape index (κ1) is 62.2. The number of nitrogen functional groups attached to an aromatic ring is 1. The number of nitriles is 1. The van der Waals surface area contributed by atoms with Crippen molar-refractivity contribution in [3.05, 3.63) is 201 Å². The SMILES string of the molecule is C.CC(C)(C)c1cc(CC(=O)Cc2ccc(Oc3ccnc4[nH]c(=O)cnc34)cc2F)n(-c2c[c-]ccc2)n1.CC(C)(C)c1cc(OC#N)n(-c2c[c-]ccc2)n1.Nc1ccc(Oc2ccnc3[nH]c(=O)cnc23)cc1F.[Y].[Y]. The fourth-order valence-corrected chi connectivity index (χ4v) is 7.25. The first-order valence-corrected chi connectivity index (χ1v) is 23.4. The van der Waals surface area contributed by atoms with E-state index in [-0.39, 0.29) is 142 Å². The van der Waals surface area contributed by atoms with Crippen LogP contribution >= 0.6 is 0 Å². The van der Waals surface area contributed by atoms with Gasteiger partial charge in [-0.3, -0.25) is 23.7 Å². The van der Waals surface area contributed by atoms with E-state index in [0.29, 0.717) is 34.1 Å². The summed E-state index contributed by atoms with van der Waals surface area (Å²) in [6.07, 6.45) is 6.88. The monoisotopic (exact) mass is 1220 g/mol. The van der Waals surface area contributed by atoms with E-state index in [1.54, 1.807) is 52.0 Å². The Morgan fingerprint density at radius 1 is 0.684 bits per heavy atom. The Balaban J connectivity index is 0.000000236. The third kappa shape index (κ3) is 16.0. The number of benzene rings is 4. The van der Waals surface area contributed by atoms with Gasteiger partial charge < -0.3 is 29.9 Å². The van der Waals surface area contributed by atoms with Gasteiger partial charge in [-0.2, -0.15) is 58.7 Å². The number of rotatable bonds is 11.